The second kappa shape index (κ2) is 16.5. The zero-order valence-corrected chi connectivity index (χ0v) is 33.8. The number of hydrogen-bond donors (Lipinski definition) is 2. The van der Waals surface area contributed by atoms with E-state index in [9.17, 15) is 0 Å². The summed E-state index contributed by atoms with van der Waals surface area (Å²) in [7, 11) is 0. The van der Waals surface area contributed by atoms with Gasteiger partial charge in [-0.25, -0.2) is 9.97 Å². The minimum atomic E-state index is 0. The standard InChI is InChI=1S/C44H26Cl4N4.Ge.2H2O/c45-29-9-1-25(2-10-29)41-33-17-19-35(49-33)42(26-3-11-30(46)12-4-26)37-21-23-39(51-37)44(28-7-15-32(48)16-8-28)40-24-22-38(52-40)43(36-20-18-34(41)50-36)27-5-13-31(47)14-6-27;;;/h1-24,49,52H;;2*1H2/p-2. The fourth-order valence-corrected chi connectivity index (χ4v) is 7.39. The molecule has 3 aromatic heterocycles. The number of benzene rings is 4. The Morgan fingerprint density at radius 2 is 0.509 bits per heavy atom. The van der Waals surface area contributed by atoms with Crippen molar-refractivity contribution in [3.8, 4) is 44.5 Å². The van der Waals surface area contributed by atoms with Crippen LogP contribution >= 0.6 is 46.4 Å². The molecule has 2 aliphatic heterocycles. The van der Waals surface area contributed by atoms with Gasteiger partial charge in [-0.3, -0.25) is 0 Å². The molecule has 9 rings (SSSR count). The summed E-state index contributed by atoms with van der Waals surface area (Å²) in [5.41, 5.74) is 14.5. The molecule has 7 aromatic rings. The number of hydrogen-bond acceptors (Lipinski definition) is 4. The van der Waals surface area contributed by atoms with Crippen molar-refractivity contribution in [2.75, 3.05) is 0 Å². The number of rotatable bonds is 4. The SMILES string of the molecule is Clc1ccc(-c2c3nc(c(-c4ccc(Cl)cc4)c4ccc([nH]4)c(-c4ccc(Cl)cc4)c4nc(c(-c5ccc(Cl)cc5)c5ccc2[nH]5)C=C4)C=C3)cc1.[Ge].[OH-].[OH-]. The van der Waals surface area contributed by atoms with Crippen LogP contribution in [0.15, 0.2) is 121 Å². The molecule has 55 heavy (non-hydrogen) atoms. The Bertz CT molecular complexity index is 2390. The summed E-state index contributed by atoms with van der Waals surface area (Å²) >= 11 is 25.5. The first-order valence-electron chi connectivity index (χ1n) is 16.6. The third-order valence-electron chi connectivity index (χ3n) is 9.29. The van der Waals surface area contributed by atoms with E-state index in [2.05, 4.69) is 58.5 Å². The van der Waals surface area contributed by atoms with Crippen LogP contribution in [0.5, 0.6) is 0 Å². The molecule has 0 spiro atoms. The summed E-state index contributed by atoms with van der Waals surface area (Å²) < 4.78 is 0. The van der Waals surface area contributed by atoms with Crippen LogP contribution in [-0.4, -0.2) is 48.5 Å². The van der Waals surface area contributed by atoms with E-state index < -0.39 is 0 Å². The normalized spacial score (nSPS) is 11.4. The van der Waals surface area contributed by atoms with Crippen molar-refractivity contribution in [2.24, 2.45) is 0 Å². The molecule has 8 bridgehead atoms. The Morgan fingerprint density at radius 1 is 0.309 bits per heavy atom. The largest absolute Gasteiger partial charge is 0.870 e. The molecule has 5 heterocycles. The molecule has 0 saturated carbocycles. The fourth-order valence-electron chi connectivity index (χ4n) is 6.89. The maximum atomic E-state index is 6.37. The van der Waals surface area contributed by atoms with Gasteiger partial charge in [0, 0.05) is 82.0 Å². The molecule has 6 nitrogen and oxygen atoms in total. The third kappa shape index (κ3) is 7.68. The van der Waals surface area contributed by atoms with Crippen molar-refractivity contribution in [1.82, 2.24) is 19.9 Å². The van der Waals surface area contributed by atoms with Gasteiger partial charge in [0.15, 0.2) is 0 Å². The molecule has 4 N–H and O–H groups in total. The summed E-state index contributed by atoms with van der Waals surface area (Å²) in [6.07, 6.45) is 8.27. The predicted molar refractivity (Wildman–Crippen MR) is 230 cm³/mol. The minimum Gasteiger partial charge on any atom is -0.870 e. The van der Waals surface area contributed by atoms with Crippen LogP contribution in [0.25, 0.3) is 90.9 Å². The predicted octanol–water partition coefficient (Wildman–Crippen LogP) is 13.2. The molecule has 0 aliphatic carbocycles. The number of nitrogens with zero attached hydrogens (tertiary/aromatic N) is 2. The van der Waals surface area contributed by atoms with Gasteiger partial charge in [-0.05, 0) is 119 Å². The Labute approximate surface area is 347 Å². The van der Waals surface area contributed by atoms with Crippen molar-refractivity contribution in [2.45, 2.75) is 0 Å². The number of halogens is 4. The van der Waals surface area contributed by atoms with Crippen molar-refractivity contribution >= 4 is 110 Å². The number of aromatic nitrogens is 4. The first kappa shape index (κ1) is 39.8. The molecule has 0 atom stereocenters. The molecular weight excluding hydrogens is 831 g/mol. The topological polar surface area (TPSA) is 117 Å². The summed E-state index contributed by atoms with van der Waals surface area (Å²) in [6, 6.07) is 39.8. The molecule has 0 unspecified atom stereocenters. The first-order chi connectivity index (χ1) is 25.4. The summed E-state index contributed by atoms with van der Waals surface area (Å²) in [5.74, 6) is 0. The van der Waals surface area contributed by atoms with Gasteiger partial charge >= 0.3 is 0 Å². The van der Waals surface area contributed by atoms with E-state index in [0.717, 1.165) is 89.4 Å². The van der Waals surface area contributed by atoms with E-state index in [0.29, 0.717) is 20.1 Å². The van der Waals surface area contributed by atoms with Crippen molar-refractivity contribution < 1.29 is 11.0 Å². The third-order valence-corrected chi connectivity index (χ3v) is 10.3. The van der Waals surface area contributed by atoms with Gasteiger partial charge in [0.25, 0.3) is 0 Å². The van der Waals surface area contributed by atoms with Crippen LogP contribution in [0.3, 0.4) is 0 Å². The first-order valence-corrected chi connectivity index (χ1v) is 18.1. The van der Waals surface area contributed by atoms with Gasteiger partial charge in [-0.1, -0.05) is 94.9 Å². The quantitative estimate of drug-likeness (QED) is 0.171. The zero-order chi connectivity index (χ0) is 35.3. The van der Waals surface area contributed by atoms with E-state index in [1.807, 2.05) is 97.1 Å². The average Bonchev–Trinajstić information content (AvgIpc) is 3.99. The Kier molecular flexibility index (Phi) is 11.9. The number of nitrogens with one attached hydrogen (secondary N) is 2. The monoisotopic (exact) mass is 858 g/mol. The Balaban J connectivity index is 0.00000171. The van der Waals surface area contributed by atoms with Crippen LogP contribution in [-0.2, 0) is 0 Å². The van der Waals surface area contributed by atoms with Crippen LogP contribution in [0.1, 0.15) is 22.8 Å². The molecule has 270 valence electrons. The van der Waals surface area contributed by atoms with Crippen molar-refractivity contribution in [3.63, 3.8) is 0 Å². The molecule has 0 amide bonds. The number of fused-ring (bicyclic) bond motifs is 8. The molecule has 2 aliphatic rings. The molecule has 4 aromatic carbocycles. The maximum Gasteiger partial charge on any atom is 0.0737 e. The summed E-state index contributed by atoms with van der Waals surface area (Å²) in [6.45, 7) is 0. The van der Waals surface area contributed by atoms with E-state index in [-0.39, 0.29) is 28.5 Å². The molecule has 4 radical (unpaired) electrons. The second-order valence-corrected chi connectivity index (χ2v) is 14.3. The van der Waals surface area contributed by atoms with Crippen molar-refractivity contribution in [3.05, 3.63) is 164 Å². The summed E-state index contributed by atoms with van der Waals surface area (Å²) in [4.78, 5) is 18.1. The minimum absolute atomic E-state index is 0. The second-order valence-electron chi connectivity index (χ2n) is 12.5. The van der Waals surface area contributed by atoms with Gasteiger partial charge in [0.2, 0.25) is 0 Å². The van der Waals surface area contributed by atoms with E-state index in [4.69, 9.17) is 56.4 Å². The maximum absolute atomic E-state index is 6.37. The zero-order valence-electron chi connectivity index (χ0n) is 28.7. The van der Waals surface area contributed by atoms with E-state index in [1.165, 1.54) is 0 Å². The average molecular weight is 859 g/mol. The van der Waals surface area contributed by atoms with Crippen molar-refractivity contribution in [1.29, 1.82) is 0 Å². The number of aromatic amines is 2. The van der Waals surface area contributed by atoms with Crippen LogP contribution < -0.4 is 0 Å². The van der Waals surface area contributed by atoms with Gasteiger partial charge < -0.3 is 20.9 Å². The van der Waals surface area contributed by atoms with Gasteiger partial charge in [0.05, 0.1) is 22.8 Å². The van der Waals surface area contributed by atoms with Gasteiger partial charge in [-0.15, -0.1) is 0 Å². The number of H-pyrrole nitrogens is 2. The smallest absolute Gasteiger partial charge is 0.0737 e. The van der Waals surface area contributed by atoms with Crippen LogP contribution in [0.2, 0.25) is 20.1 Å². The van der Waals surface area contributed by atoms with E-state index in [1.54, 1.807) is 0 Å². The Hall–Kier alpha value is -4.90. The van der Waals surface area contributed by atoms with Crippen LogP contribution in [0, 0.1) is 0 Å². The summed E-state index contributed by atoms with van der Waals surface area (Å²) in [5, 5.41) is 2.64. The molecule has 0 saturated heterocycles. The molecule has 0 fully saturated rings. The molecular formula is C44H28Cl4GeN4O2-2. The molecule has 11 heteroatoms. The Morgan fingerprint density at radius 3 is 0.709 bits per heavy atom. The fraction of sp³-hybridized carbons (Fsp3) is 0. The van der Waals surface area contributed by atoms with Gasteiger partial charge in [0.1, 0.15) is 0 Å². The van der Waals surface area contributed by atoms with Gasteiger partial charge in [-0.2, -0.15) is 0 Å². The van der Waals surface area contributed by atoms with E-state index >= 15 is 0 Å². The van der Waals surface area contributed by atoms with Crippen LogP contribution in [0.4, 0.5) is 0 Å².